The largest absolute Gasteiger partial charge is 0.328 e. The molecule has 20 heavy (non-hydrogen) atoms. The molecule has 3 rings (SSSR count). The van der Waals surface area contributed by atoms with Gasteiger partial charge in [0.25, 0.3) is 0 Å². The quantitative estimate of drug-likeness (QED) is 0.804. The van der Waals surface area contributed by atoms with Gasteiger partial charge >= 0.3 is 0 Å². The van der Waals surface area contributed by atoms with Crippen molar-refractivity contribution in [3.05, 3.63) is 46.5 Å². The molecule has 3 aromatic heterocycles. The van der Waals surface area contributed by atoms with Crippen LogP contribution in [0.3, 0.4) is 0 Å². The fraction of sp³-hybridized carbons (Fsp3) is 0.286. The molecule has 0 bridgehead atoms. The Bertz CT molecular complexity index is 771. The zero-order valence-corrected chi connectivity index (χ0v) is 12.2. The Labute approximate surface area is 122 Å². The van der Waals surface area contributed by atoms with Gasteiger partial charge in [-0.25, -0.2) is 4.98 Å². The SMILES string of the molecule is Cc1nn(C)c(Cl)c1Cn1cc(CN)c2cccnc21. The summed E-state index contributed by atoms with van der Waals surface area (Å²) in [5.41, 5.74) is 9.76. The number of hydrogen-bond donors (Lipinski definition) is 1. The first kappa shape index (κ1) is 13.1. The highest BCUT2D eigenvalue weighted by molar-refractivity contribution is 6.30. The summed E-state index contributed by atoms with van der Waals surface area (Å²) >= 11 is 6.30. The third-order valence-electron chi connectivity index (χ3n) is 3.53. The van der Waals surface area contributed by atoms with Crippen molar-refractivity contribution in [2.24, 2.45) is 12.8 Å². The standard InChI is InChI=1S/C14H16ClN5/c1-9-12(13(15)19(2)18-9)8-20-7-10(6-16)11-4-3-5-17-14(11)20/h3-5,7H,6,8,16H2,1-2H3. The summed E-state index contributed by atoms with van der Waals surface area (Å²) in [5.74, 6) is 0. The summed E-state index contributed by atoms with van der Waals surface area (Å²) < 4.78 is 3.77. The molecule has 104 valence electrons. The Kier molecular flexibility index (Phi) is 3.23. The second-order valence-corrected chi connectivity index (χ2v) is 5.20. The van der Waals surface area contributed by atoms with E-state index in [1.165, 1.54) is 0 Å². The number of pyridine rings is 1. The van der Waals surface area contributed by atoms with Gasteiger partial charge in [0.05, 0.1) is 12.2 Å². The average Bonchev–Trinajstić information content (AvgIpc) is 2.92. The molecule has 6 heteroatoms. The van der Waals surface area contributed by atoms with E-state index >= 15 is 0 Å². The van der Waals surface area contributed by atoms with Crippen LogP contribution >= 0.6 is 11.6 Å². The van der Waals surface area contributed by atoms with Crippen LogP contribution in [0.15, 0.2) is 24.5 Å². The van der Waals surface area contributed by atoms with Crippen molar-refractivity contribution in [1.82, 2.24) is 19.3 Å². The molecule has 0 amide bonds. The van der Waals surface area contributed by atoms with Gasteiger partial charge in [0.2, 0.25) is 0 Å². The molecule has 0 aromatic carbocycles. The summed E-state index contributed by atoms with van der Waals surface area (Å²) in [4.78, 5) is 4.45. The second-order valence-electron chi connectivity index (χ2n) is 4.84. The van der Waals surface area contributed by atoms with Crippen LogP contribution < -0.4 is 5.73 Å². The molecule has 0 atom stereocenters. The Morgan fingerprint density at radius 3 is 2.85 bits per heavy atom. The number of fused-ring (bicyclic) bond motifs is 1. The minimum absolute atomic E-state index is 0.495. The molecule has 3 aromatic rings. The zero-order valence-electron chi connectivity index (χ0n) is 11.5. The van der Waals surface area contributed by atoms with Crippen molar-refractivity contribution in [2.75, 3.05) is 0 Å². The van der Waals surface area contributed by atoms with Gasteiger partial charge in [0, 0.05) is 36.9 Å². The van der Waals surface area contributed by atoms with Crippen LogP contribution in [0.2, 0.25) is 5.15 Å². The van der Waals surface area contributed by atoms with Crippen LogP contribution in [0.5, 0.6) is 0 Å². The molecule has 0 saturated carbocycles. The van der Waals surface area contributed by atoms with E-state index in [1.807, 2.05) is 32.3 Å². The van der Waals surface area contributed by atoms with Crippen LogP contribution in [-0.2, 0) is 20.1 Å². The molecule has 0 radical (unpaired) electrons. The lowest BCUT2D eigenvalue weighted by Crippen LogP contribution is -2.01. The first-order valence-electron chi connectivity index (χ1n) is 6.42. The number of aryl methyl sites for hydroxylation is 2. The minimum Gasteiger partial charge on any atom is -0.328 e. The lowest BCUT2D eigenvalue weighted by atomic mass is 10.2. The molecule has 0 aliphatic heterocycles. The molecule has 0 unspecified atom stereocenters. The molecular weight excluding hydrogens is 274 g/mol. The maximum Gasteiger partial charge on any atom is 0.140 e. The van der Waals surface area contributed by atoms with Crippen molar-refractivity contribution in [3.63, 3.8) is 0 Å². The molecule has 2 N–H and O–H groups in total. The fourth-order valence-electron chi connectivity index (χ4n) is 2.50. The molecule has 3 heterocycles. The topological polar surface area (TPSA) is 61.7 Å². The molecule has 0 aliphatic carbocycles. The van der Waals surface area contributed by atoms with Gasteiger partial charge in [-0.1, -0.05) is 11.6 Å². The van der Waals surface area contributed by atoms with Gasteiger partial charge in [0.1, 0.15) is 10.8 Å². The zero-order chi connectivity index (χ0) is 14.3. The number of rotatable bonds is 3. The normalized spacial score (nSPS) is 11.4. The second kappa shape index (κ2) is 4.92. The van der Waals surface area contributed by atoms with Crippen LogP contribution in [0.1, 0.15) is 16.8 Å². The van der Waals surface area contributed by atoms with Crippen molar-refractivity contribution in [1.29, 1.82) is 0 Å². The summed E-state index contributed by atoms with van der Waals surface area (Å²) in [6, 6.07) is 3.97. The van der Waals surface area contributed by atoms with E-state index in [0.29, 0.717) is 18.2 Å². The van der Waals surface area contributed by atoms with Gasteiger partial charge in [-0.2, -0.15) is 5.10 Å². The molecule has 0 spiro atoms. The maximum atomic E-state index is 6.30. The van der Waals surface area contributed by atoms with Crippen molar-refractivity contribution >= 4 is 22.6 Å². The first-order valence-corrected chi connectivity index (χ1v) is 6.80. The predicted octanol–water partition coefficient (Wildman–Crippen LogP) is 2.24. The third kappa shape index (κ3) is 1.99. The number of hydrogen-bond acceptors (Lipinski definition) is 3. The van der Waals surface area contributed by atoms with E-state index in [-0.39, 0.29) is 0 Å². The Hall–Kier alpha value is -1.85. The molecule has 0 saturated heterocycles. The highest BCUT2D eigenvalue weighted by Gasteiger charge is 2.14. The first-order chi connectivity index (χ1) is 9.61. The smallest absolute Gasteiger partial charge is 0.140 e. The van der Waals surface area contributed by atoms with Gasteiger partial charge in [0.15, 0.2) is 0 Å². The molecule has 0 aliphatic rings. The van der Waals surface area contributed by atoms with Crippen LogP contribution in [0.25, 0.3) is 11.0 Å². The summed E-state index contributed by atoms with van der Waals surface area (Å²) in [6.07, 6.45) is 3.83. The van der Waals surface area contributed by atoms with Crippen LogP contribution in [0, 0.1) is 6.92 Å². The average molecular weight is 290 g/mol. The molecule has 5 nitrogen and oxygen atoms in total. The number of nitrogens with zero attached hydrogens (tertiary/aromatic N) is 4. The van der Waals surface area contributed by atoms with E-state index in [9.17, 15) is 0 Å². The summed E-state index contributed by atoms with van der Waals surface area (Å²) in [7, 11) is 1.84. The van der Waals surface area contributed by atoms with Gasteiger partial charge in [-0.05, 0) is 24.6 Å². The summed E-state index contributed by atoms with van der Waals surface area (Å²) in [5, 5.41) is 6.09. The van der Waals surface area contributed by atoms with Crippen LogP contribution in [0.4, 0.5) is 0 Å². The number of nitrogens with two attached hydrogens (primary N) is 1. The van der Waals surface area contributed by atoms with E-state index in [4.69, 9.17) is 17.3 Å². The van der Waals surface area contributed by atoms with E-state index in [1.54, 1.807) is 10.9 Å². The van der Waals surface area contributed by atoms with Crippen molar-refractivity contribution in [2.45, 2.75) is 20.0 Å². The highest BCUT2D eigenvalue weighted by Crippen LogP contribution is 2.24. The van der Waals surface area contributed by atoms with E-state index < -0.39 is 0 Å². The Balaban J connectivity index is 2.11. The van der Waals surface area contributed by atoms with Gasteiger partial charge < -0.3 is 10.3 Å². The lowest BCUT2D eigenvalue weighted by molar-refractivity contribution is 0.757. The summed E-state index contributed by atoms with van der Waals surface area (Å²) in [6.45, 7) is 3.10. The predicted molar refractivity (Wildman–Crippen MR) is 79.7 cm³/mol. The van der Waals surface area contributed by atoms with Crippen LogP contribution in [-0.4, -0.2) is 19.3 Å². The van der Waals surface area contributed by atoms with E-state index in [2.05, 4.69) is 14.6 Å². The Morgan fingerprint density at radius 1 is 1.40 bits per heavy atom. The fourth-order valence-corrected chi connectivity index (χ4v) is 2.74. The maximum absolute atomic E-state index is 6.30. The van der Waals surface area contributed by atoms with Gasteiger partial charge in [-0.3, -0.25) is 4.68 Å². The molecular formula is C14H16ClN5. The van der Waals surface area contributed by atoms with Crippen molar-refractivity contribution in [3.8, 4) is 0 Å². The van der Waals surface area contributed by atoms with Gasteiger partial charge in [-0.15, -0.1) is 0 Å². The van der Waals surface area contributed by atoms with E-state index in [0.717, 1.165) is 27.9 Å². The van der Waals surface area contributed by atoms with Crippen molar-refractivity contribution < 1.29 is 0 Å². The minimum atomic E-state index is 0.495. The molecule has 0 fully saturated rings. The number of aromatic nitrogens is 4. The number of halogens is 1. The third-order valence-corrected chi connectivity index (χ3v) is 4.01. The highest BCUT2D eigenvalue weighted by atomic mass is 35.5. The Morgan fingerprint density at radius 2 is 2.20 bits per heavy atom. The monoisotopic (exact) mass is 289 g/mol. The lowest BCUT2D eigenvalue weighted by Gasteiger charge is -2.04.